The maximum atomic E-state index is 12.4. The molecular weight excluding hydrogens is 460 g/mol. The molecule has 4 aromatic rings. The van der Waals surface area contributed by atoms with Crippen LogP contribution in [0.15, 0.2) is 82.0 Å². The van der Waals surface area contributed by atoms with Crippen LogP contribution in [0, 0.1) is 0 Å². The van der Waals surface area contributed by atoms with Gasteiger partial charge in [-0.05, 0) is 54.8 Å². The first-order valence-corrected chi connectivity index (χ1v) is 12.7. The SMILES string of the molecule is CSc1cccc(NC(=O)Nc2ccc3nc(SCC(=O)Nc4ccccc4)sc3c2)c1. The molecule has 0 radical (unpaired) electrons. The highest BCUT2D eigenvalue weighted by Crippen LogP contribution is 2.31. The average molecular weight is 481 g/mol. The highest BCUT2D eigenvalue weighted by molar-refractivity contribution is 8.01. The quantitative estimate of drug-likeness (QED) is 0.267. The largest absolute Gasteiger partial charge is 0.325 e. The molecule has 0 saturated heterocycles. The predicted molar refractivity (Wildman–Crippen MR) is 136 cm³/mol. The minimum Gasteiger partial charge on any atom is -0.325 e. The van der Waals surface area contributed by atoms with Gasteiger partial charge in [-0.3, -0.25) is 4.79 Å². The van der Waals surface area contributed by atoms with Crippen molar-refractivity contribution >= 4 is 74.1 Å². The molecule has 0 fully saturated rings. The molecule has 6 nitrogen and oxygen atoms in total. The number of nitrogens with one attached hydrogen (secondary N) is 3. The summed E-state index contributed by atoms with van der Waals surface area (Å²) in [5.41, 5.74) is 3.02. The summed E-state index contributed by atoms with van der Waals surface area (Å²) in [5.74, 6) is 0.196. The molecule has 0 atom stereocenters. The number of fused-ring (bicyclic) bond motifs is 1. The van der Waals surface area contributed by atoms with E-state index in [0.29, 0.717) is 5.69 Å². The van der Waals surface area contributed by atoms with Crippen LogP contribution in [-0.2, 0) is 4.79 Å². The smallest absolute Gasteiger partial charge is 0.323 e. The summed E-state index contributed by atoms with van der Waals surface area (Å²) in [4.78, 5) is 30.2. The molecule has 1 heterocycles. The number of nitrogens with zero attached hydrogens (tertiary/aromatic N) is 1. The lowest BCUT2D eigenvalue weighted by Gasteiger charge is -2.08. The number of thioether (sulfide) groups is 2. The van der Waals surface area contributed by atoms with Gasteiger partial charge in [-0.1, -0.05) is 36.0 Å². The normalized spacial score (nSPS) is 10.7. The Hall–Kier alpha value is -3.01. The zero-order chi connectivity index (χ0) is 22.3. The Bertz CT molecular complexity index is 1240. The Morgan fingerprint density at radius 1 is 0.875 bits per heavy atom. The predicted octanol–water partition coefficient (Wildman–Crippen LogP) is 6.39. The van der Waals surface area contributed by atoms with E-state index in [2.05, 4.69) is 20.9 Å². The van der Waals surface area contributed by atoms with Crippen LogP contribution >= 0.6 is 34.9 Å². The van der Waals surface area contributed by atoms with Crippen LogP contribution in [0.1, 0.15) is 0 Å². The topological polar surface area (TPSA) is 83.1 Å². The van der Waals surface area contributed by atoms with Crippen molar-refractivity contribution in [1.82, 2.24) is 4.98 Å². The molecule has 3 N–H and O–H groups in total. The van der Waals surface area contributed by atoms with Crippen LogP contribution < -0.4 is 16.0 Å². The lowest BCUT2D eigenvalue weighted by molar-refractivity contribution is -0.113. The first-order valence-electron chi connectivity index (χ1n) is 9.69. The van der Waals surface area contributed by atoms with Crippen LogP contribution in [0.3, 0.4) is 0 Å². The molecule has 0 aliphatic carbocycles. The van der Waals surface area contributed by atoms with E-state index >= 15 is 0 Å². The van der Waals surface area contributed by atoms with Gasteiger partial charge in [0.05, 0.1) is 16.0 Å². The average Bonchev–Trinajstić information content (AvgIpc) is 3.21. The van der Waals surface area contributed by atoms with E-state index in [9.17, 15) is 9.59 Å². The third kappa shape index (κ3) is 6.03. The highest BCUT2D eigenvalue weighted by Gasteiger charge is 2.10. The molecule has 1 aromatic heterocycles. The monoisotopic (exact) mass is 480 g/mol. The van der Waals surface area contributed by atoms with Gasteiger partial charge in [0.1, 0.15) is 0 Å². The van der Waals surface area contributed by atoms with Gasteiger partial charge in [0.25, 0.3) is 0 Å². The van der Waals surface area contributed by atoms with Crippen LogP contribution in [-0.4, -0.2) is 28.9 Å². The van der Waals surface area contributed by atoms with Gasteiger partial charge in [0, 0.05) is 22.0 Å². The van der Waals surface area contributed by atoms with Gasteiger partial charge in [0.2, 0.25) is 5.91 Å². The van der Waals surface area contributed by atoms with Gasteiger partial charge in [-0.2, -0.15) is 0 Å². The van der Waals surface area contributed by atoms with E-state index in [-0.39, 0.29) is 17.7 Å². The Morgan fingerprint density at radius 3 is 2.41 bits per heavy atom. The van der Waals surface area contributed by atoms with Gasteiger partial charge in [-0.25, -0.2) is 9.78 Å². The molecule has 0 aliphatic heterocycles. The van der Waals surface area contributed by atoms with Crippen molar-refractivity contribution in [3.8, 4) is 0 Å². The van der Waals surface area contributed by atoms with Crippen molar-refractivity contribution < 1.29 is 9.59 Å². The fourth-order valence-corrected chi connectivity index (χ4v) is 5.25. The number of amides is 3. The van der Waals surface area contributed by atoms with Crippen molar-refractivity contribution in [3.63, 3.8) is 0 Å². The molecule has 0 unspecified atom stereocenters. The number of benzene rings is 3. The number of carbonyl (C=O) groups is 2. The second-order valence-corrected chi connectivity index (χ2v) is 9.81. The Balaban J connectivity index is 1.35. The van der Waals surface area contributed by atoms with Gasteiger partial charge < -0.3 is 16.0 Å². The molecular formula is C23H20N4O2S3. The molecule has 0 aliphatic rings. The summed E-state index contributed by atoms with van der Waals surface area (Å²) in [7, 11) is 0. The van der Waals surface area contributed by atoms with E-state index in [1.807, 2.05) is 79.1 Å². The van der Waals surface area contributed by atoms with E-state index < -0.39 is 0 Å². The zero-order valence-corrected chi connectivity index (χ0v) is 19.6. The summed E-state index contributed by atoms with van der Waals surface area (Å²) in [6, 6.07) is 22.3. The Morgan fingerprint density at radius 2 is 1.62 bits per heavy atom. The van der Waals surface area contributed by atoms with Crippen LogP contribution in [0.4, 0.5) is 21.9 Å². The molecule has 4 rings (SSSR count). The molecule has 9 heteroatoms. The number of hydrogen-bond donors (Lipinski definition) is 3. The number of anilines is 3. The first-order chi connectivity index (χ1) is 15.6. The molecule has 0 bridgehead atoms. The lowest BCUT2D eigenvalue weighted by Crippen LogP contribution is -2.19. The fraction of sp³-hybridized carbons (Fsp3) is 0.0870. The summed E-state index contributed by atoms with van der Waals surface area (Å²) in [6.07, 6.45) is 1.99. The maximum absolute atomic E-state index is 12.4. The number of thiazole rings is 1. The van der Waals surface area contributed by atoms with Crippen molar-refractivity contribution in [2.24, 2.45) is 0 Å². The number of urea groups is 1. The number of carbonyl (C=O) groups excluding carboxylic acids is 2. The van der Waals surface area contributed by atoms with Gasteiger partial charge in [-0.15, -0.1) is 23.1 Å². The van der Waals surface area contributed by atoms with E-state index in [1.54, 1.807) is 11.8 Å². The number of hydrogen-bond acceptors (Lipinski definition) is 6. The summed E-state index contributed by atoms with van der Waals surface area (Å²) < 4.78 is 1.75. The molecule has 0 spiro atoms. The Kier molecular flexibility index (Phi) is 7.31. The molecule has 3 aromatic carbocycles. The van der Waals surface area contributed by atoms with Gasteiger partial charge >= 0.3 is 6.03 Å². The third-order valence-electron chi connectivity index (χ3n) is 4.34. The molecule has 162 valence electrons. The standard InChI is InChI=1S/C23H20N4O2S3/c1-30-18-9-5-8-16(12-18)25-22(29)26-17-10-11-19-20(13-17)32-23(27-19)31-14-21(28)24-15-6-3-2-4-7-15/h2-13H,14H2,1H3,(H,24,28)(H2,25,26,29). The second kappa shape index (κ2) is 10.5. The molecule has 3 amide bonds. The first kappa shape index (κ1) is 22.2. The van der Waals surface area contributed by atoms with E-state index in [0.717, 1.165) is 30.8 Å². The third-order valence-corrected chi connectivity index (χ3v) is 7.23. The Labute approximate surface area is 198 Å². The van der Waals surface area contributed by atoms with Crippen molar-refractivity contribution in [2.45, 2.75) is 9.24 Å². The van der Waals surface area contributed by atoms with Gasteiger partial charge in [0.15, 0.2) is 4.34 Å². The van der Waals surface area contributed by atoms with Crippen molar-refractivity contribution in [3.05, 3.63) is 72.8 Å². The highest BCUT2D eigenvalue weighted by atomic mass is 32.2. The summed E-state index contributed by atoms with van der Waals surface area (Å²) >= 11 is 4.50. The summed E-state index contributed by atoms with van der Waals surface area (Å²) in [6.45, 7) is 0. The van der Waals surface area contributed by atoms with Crippen molar-refractivity contribution in [2.75, 3.05) is 28.0 Å². The molecule has 32 heavy (non-hydrogen) atoms. The molecule has 0 saturated carbocycles. The number of para-hydroxylation sites is 1. The second-order valence-electron chi connectivity index (χ2n) is 6.68. The zero-order valence-electron chi connectivity index (χ0n) is 17.1. The number of aromatic nitrogens is 1. The number of rotatable bonds is 7. The lowest BCUT2D eigenvalue weighted by atomic mass is 10.3. The van der Waals surface area contributed by atoms with Crippen molar-refractivity contribution in [1.29, 1.82) is 0 Å². The van der Waals surface area contributed by atoms with E-state index in [1.165, 1.54) is 23.1 Å². The van der Waals surface area contributed by atoms with Crippen LogP contribution in [0.25, 0.3) is 10.2 Å². The summed E-state index contributed by atoms with van der Waals surface area (Å²) in [5, 5.41) is 8.57. The fourth-order valence-electron chi connectivity index (χ4n) is 2.88. The minimum atomic E-state index is -0.306. The maximum Gasteiger partial charge on any atom is 0.323 e. The van der Waals surface area contributed by atoms with E-state index in [4.69, 9.17) is 0 Å². The minimum absolute atomic E-state index is 0.0787. The van der Waals surface area contributed by atoms with Crippen LogP contribution in [0.2, 0.25) is 0 Å². The van der Waals surface area contributed by atoms with Crippen LogP contribution in [0.5, 0.6) is 0 Å².